The molecule has 0 saturated heterocycles. The van der Waals surface area contributed by atoms with Crippen LogP contribution in [0.15, 0.2) is 6.20 Å². The number of nitrogens with zero attached hydrogens (tertiary/aromatic N) is 3. The van der Waals surface area contributed by atoms with E-state index in [1.165, 1.54) is 32.1 Å². The zero-order valence-electron chi connectivity index (χ0n) is 21.6. The number of Topliss-reactive ketones (excluding diaryl/α,β-unsaturated/α-hetero) is 1. The van der Waals surface area contributed by atoms with Gasteiger partial charge in [-0.15, -0.1) is 0 Å². The quantitative estimate of drug-likeness (QED) is 0.639. The molecule has 0 aromatic carbocycles. The highest BCUT2D eigenvalue weighted by Crippen LogP contribution is 2.77. The van der Waals surface area contributed by atoms with Crippen LogP contribution in [0.2, 0.25) is 0 Å². The van der Waals surface area contributed by atoms with Crippen LogP contribution < -0.4 is 0 Å². The van der Waals surface area contributed by atoms with Gasteiger partial charge < -0.3 is 5.11 Å². The highest BCUT2D eigenvalue weighted by Gasteiger charge is 2.74. The molecule has 1 aromatic heterocycles. The molecule has 188 valence electrons. The largest absolute Gasteiger partial charge is 0.390 e. The van der Waals surface area contributed by atoms with Gasteiger partial charge in [0.1, 0.15) is 6.07 Å². The Hall–Kier alpha value is -1.67. The second-order valence-corrected chi connectivity index (χ2v) is 14.1. The predicted molar refractivity (Wildman–Crippen MR) is 132 cm³/mol. The minimum absolute atomic E-state index is 0.123. The number of carbonyl (C=O) groups is 1. The molecule has 0 amide bonds. The van der Waals surface area contributed by atoms with Crippen LogP contribution in [-0.4, -0.2) is 26.3 Å². The Morgan fingerprint density at radius 1 is 1.11 bits per heavy atom. The first-order valence-electron chi connectivity index (χ1n) is 14.4. The molecule has 11 atom stereocenters. The number of aromatic nitrogens is 2. The van der Waals surface area contributed by atoms with E-state index in [1.54, 1.807) is 4.68 Å². The Kier molecular flexibility index (Phi) is 4.78. The summed E-state index contributed by atoms with van der Waals surface area (Å²) in [6.07, 6.45) is 12.2. The zero-order valence-corrected chi connectivity index (χ0v) is 21.6. The Bertz CT molecular complexity index is 1100. The summed E-state index contributed by atoms with van der Waals surface area (Å²) in [5.74, 6) is 6.63. The summed E-state index contributed by atoms with van der Waals surface area (Å²) in [6.45, 7) is 7.24. The number of fused-ring (bicyclic) bond motifs is 7. The highest BCUT2D eigenvalue weighted by molar-refractivity contribution is 5.83. The van der Waals surface area contributed by atoms with E-state index in [0.717, 1.165) is 55.0 Å². The molecule has 35 heavy (non-hydrogen) atoms. The van der Waals surface area contributed by atoms with Crippen molar-refractivity contribution < 1.29 is 9.90 Å². The van der Waals surface area contributed by atoms with Gasteiger partial charge in [-0.2, -0.15) is 10.4 Å². The van der Waals surface area contributed by atoms with Gasteiger partial charge in [0, 0.05) is 18.0 Å². The number of hydrogen-bond acceptors (Lipinski definition) is 4. The molecule has 0 spiro atoms. The van der Waals surface area contributed by atoms with Crippen molar-refractivity contribution in [2.24, 2.45) is 58.7 Å². The third kappa shape index (κ3) is 3.27. The molecule has 1 N–H and O–H groups in total. The second-order valence-electron chi connectivity index (χ2n) is 14.1. The van der Waals surface area contributed by atoms with E-state index in [1.807, 2.05) is 13.1 Å². The Balaban J connectivity index is 1.13. The standard InChI is InChI=1S/C30H41N3O2/c1-16-24-25(16)27(23(34)15-33-14-19(13-31)28(32-33)17-4-5-17)30(3)11-9-21-20-8-10-29(2,35)12-18(20)6-7-22(21)26(24)30/h14,16-18,20-22,24-27,35H,4-12,15H2,1-3H3/t16?,18-,20+,21-,22-,24-,25+,26-,27+,29-,30+/m1/s1. The maximum absolute atomic E-state index is 13.9. The minimum atomic E-state index is -0.463. The maximum atomic E-state index is 13.9. The molecule has 0 aliphatic heterocycles. The van der Waals surface area contributed by atoms with Crippen LogP contribution in [-0.2, 0) is 11.3 Å². The average Bonchev–Trinajstić information content (AvgIpc) is 3.69. The van der Waals surface area contributed by atoms with E-state index in [-0.39, 0.29) is 11.3 Å². The molecule has 1 unspecified atom stereocenters. The lowest BCUT2D eigenvalue weighted by molar-refractivity contribution is -0.137. The Morgan fingerprint density at radius 3 is 2.63 bits per heavy atom. The highest BCUT2D eigenvalue weighted by atomic mass is 16.3. The van der Waals surface area contributed by atoms with Crippen molar-refractivity contribution in [2.45, 2.75) is 96.6 Å². The minimum Gasteiger partial charge on any atom is -0.390 e. The van der Waals surface area contributed by atoms with Crippen molar-refractivity contribution in [1.82, 2.24) is 9.78 Å². The van der Waals surface area contributed by atoms with Gasteiger partial charge in [0.05, 0.1) is 23.4 Å². The summed E-state index contributed by atoms with van der Waals surface area (Å²) >= 11 is 0. The SMILES string of the molecule is CC1[C@@H]2[C@H]1[C@H](C(=O)Cn1cc(C#N)c(C3CC3)n1)[C@@]1(C)CC[C@H]3[C@@H](CC[C@@H]4C[C@](C)(O)CC[C@@H]43)[C@H]21. The number of hydrogen-bond donors (Lipinski definition) is 1. The summed E-state index contributed by atoms with van der Waals surface area (Å²) in [7, 11) is 0. The fourth-order valence-corrected chi connectivity index (χ4v) is 10.6. The van der Waals surface area contributed by atoms with Crippen molar-refractivity contribution in [3.05, 3.63) is 17.5 Å². The summed E-state index contributed by atoms with van der Waals surface area (Å²) < 4.78 is 1.79. The molecule has 1 heterocycles. The normalized spacial score (nSPS) is 49.9. The zero-order chi connectivity index (χ0) is 24.3. The number of nitriles is 1. The lowest BCUT2D eigenvalue weighted by atomic mass is 9.47. The van der Waals surface area contributed by atoms with Gasteiger partial charge in [0.2, 0.25) is 0 Å². The first-order valence-corrected chi connectivity index (χ1v) is 14.4. The first-order chi connectivity index (χ1) is 16.7. The van der Waals surface area contributed by atoms with Crippen LogP contribution in [0.25, 0.3) is 0 Å². The smallest absolute Gasteiger partial charge is 0.158 e. The third-order valence-electron chi connectivity index (χ3n) is 12.1. The molecule has 7 rings (SSSR count). The Labute approximate surface area is 209 Å². The number of ketones is 1. The summed E-state index contributed by atoms with van der Waals surface area (Å²) in [5, 5.41) is 25.0. The molecular formula is C30H41N3O2. The van der Waals surface area contributed by atoms with Crippen LogP contribution in [0.5, 0.6) is 0 Å². The summed E-state index contributed by atoms with van der Waals surface area (Å²) in [4.78, 5) is 13.9. The molecule has 6 aliphatic rings. The van der Waals surface area contributed by atoms with Gasteiger partial charge in [0.15, 0.2) is 5.78 Å². The van der Waals surface area contributed by atoms with E-state index >= 15 is 0 Å². The van der Waals surface area contributed by atoms with Crippen molar-refractivity contribution in [3.8, 4) is 6.07 Å². The topological polar surface area (TPSA) is 78.9 Å². The van der Waals surface area contributed by atoms with Gasteiger partial charge in [-0.25, -0.2) is 0 Å². The maximum Gasteiger partial charge on any atom is 0.158 e. The average molecular weight is 476 g/mol. The first kappa shape index (κ1) is 22.5. The van der Waals surface area contributed by atoms with E-state index in [4.69, 9.17) is 5.10 Å². The van der Waals surface area contributed by atoms with Crippen molar-refractivity contribution in [1.29, 1.82) is 5.26 Å². The second kappa shape index (κ2) is 7.44. The molecular weight excluding hydrogens is 434 g/mol. The van der Waals surface area contributed by atoms with E-state index in [0.29, 0.717) is 47.5 Å². The molecule has 0 bridgehead atoms. The fourth-order valence-electron chi connectivity index (χ4n) is 10.6. The van der Waals surface area contributed by atoms with Crippen LogP contribution >= 0.6 is 0 Å². The number of rotatable bonds is 4. The molecule has 5 nitrogen and oxygen atoms in total. The summed E-state index contributed by atoms with van der Waals surface area (Å²) in [6, 6.07) is 2.31. The van der Waals surface area contributed by atoms with Gasteiger partial charge in [-0.1, -0.05) is 13.8 Å². The molecule has 1 aromatic rings. The van der Waals surface area contributed by atoms with Crippen molar-refractivity contribution >= 4 is 5.78 Å². The monoisotopic (exact) mass is 475 g/mol. The van der Waals surface area contributed by atoms with Crippen molar-refractivity contribution in [3.63, 3.8) is 0 Å². The van der Waals surface area contributed by atoms with Gasteiger partial charge in [-0.3, -0.25) is 9.48 Å². The van der Waals surface area contributed by atoms with Gasteiger partial charge in [-0.05, 0) is 117 Å². The van der Waals surface area contributed by atoms with Crippen molar-refractivity contribution in [2.75, 3.05) is 0 Å². The lowest BCUT2D eigenvalue weighted by Gasteiger charge is -2.58. The number of aliphatic hydroxyl groups is 1. The lowest BCUT2D eigenvalue weighted by Crippen LogP contribution is -2.52. The fraction of sp³-hybridized carbons (Fsp3) is 0.833. The molecule has 6 aliphatic carbocycles. The Morgan fingerprint density at radius 2 is 1.89 bits per heavy atom. The molecule has 6 saturated carbocycles. The van der Waals surface area contributed by atoms with Crippen LogP contribution in [0, 0.1) is 70.0 Å². The van der Waals surface area contributed by atoms with Crippen LogP contribution in [0.3, 0.4) is 0 Å². The van der Waals surface area contributed by atoms with E-state index in [2.05, 4.69) is 19.9 Å². The van der Waals surface area contributed by atoms with E-state index in [9.17, 15) is 15.2 Å². The van der Waals surface area contributed by atoms with Crippen LogP contribution in [0.1, 0.15) is 95.7 Å². The molecule has 0 radical (unpaired) electrons. The predicted octanol–water partition coefficient (Wildman–Crippen LogP) is 5.32. The van der Waals surface area contributed by atoms with Gasteiger partial charge >= 0.3 is 0 Å². The number of carbonyl (C=O) groups excluding carboxylic acids is 1. The molecule has 5 heteroatoms. The molecule has 6 fully saturated rings. The van der Waals surface area contributed by atoms with Crippen LogP contribution in [0.4, 0.5) is 0 Å². The van der Waals surface area contributed by atoms with E-state index < -0.39 is 5.60 Å². The third-order valence-corrected chi connectivity index (χ3v) is 12.1. The summed E-state index contributed by atoms with van der Waals surface area (Å²) in [5.41, 5.74) is 1.24. The van der Waals surface area contributed by atoms with Gasteiger partial charge in [0.25, 0.3) is 0 Å².